The van der Waals surface area contributed by atoms with Crippen molar-refractivity contribution in [3.05, 3.63) is 0 Å². The minimum atomic E-state index is -0.425. The van der Waals surface area contributed by atoms with Crippen LogP contribution in [0.2, 0.25) is 0 Å². The van der Waals surface area contributed by atoms with E-state index < -0.39 is 11.5 Å². The van der Waals surface area contributed by atoms with Gasteiger partial charge in [-0.3, -0.25) is 4.79 Å². The van der Waals surface area contributed by atoms with Crippen molar-refractivity contribution >= 4 is 28.4 Å². The molecule has 0 aliphatic heterocycles. The van der Waals surface area contributed by atoms with Gasteiger partial charge in [0.15, 0.2) is 0 Å². The van der Waals surface area contributed by atoms with Gasteiger partial charge in [-0.15, -0.1) is 0 Å². The van der Waals surface area contributed by atoms with E-state index in [0.29, 0.717) is 12.8 Å². The zero-order chi connectivity index (χ0) is 9.19. The number of Topliss-reactive ketones (excluding diaryl/α,β-unsaturated/α-hetero) is 1. The van der Waals surface area contributed by atoms with Crippen LogP contribution in [0.3, 0.4) is 0 Å². The van der Waals surface area contributed by atoms with Gasteiger partial charge in [0.25, 0.3) is 0 Å². The molecule has 1 fully saturated rings. The van der Waals surface area contributed by atoms with Crippen LogP contribution in [0.15, 0.2) is 0 Å². The van der Waals surface area contributed by atoms with E-state index in [4.69, 9.17) is 0 Å². The van der Waals surface area contributed by atoms with Gasteiger partial charge in [-0.05, 0) is 23.7 Å². The number of hydrogen-bond donors (Lipinski definition) is 1. The summed E-state index contributed by atoms with van der Waals surface area (Å²) >= 11 is 2.30. The molecule has 2 atom stereocenters. The van der Waals surface area contributed by atoms with Crippen LogP contribution in [-0.2, 0) is 4.79 Å². The SMILES string of the molecule is C[C@@]1(CCCI)C(=O)CC[C@@H]1O. The zero-order valence-electron chi connectivity index (χ0n) is 7.35. The number of aliphatic hydroxyl groups excluding tert-OH is 1. The first kappa shape index (κ1) is 10.4. The van der Waals surface area contributed by atoms with E-state index in [2.05, 4.69) is 22.6 Å². The molecular weight excluding hydrogens is 267 g/mol. The molecule has 1 N–H and O–H groups in total. The molecule has 1 saturated carbocycles. The highest BCUT2D eigenvalue weighted by molar-refractivity contribution is 14.1. The second kappa shape index (κ2) is 4.05. The normalized spacial score (nSPS) is 35.9. The number of carbonyl (C=O) groups is 1. The number of aliphatic hydroxyl groups is 1. The Hall–Kier alpha value is 0.360. The van der Waals surface area contributed by atoms with Crippen molar-refractivity contribution in [1.29, 1.82) is 0 Å². The Morgan fingerprint density at radius 3 is 2.83 bits per heavy atom. The van der Waals surface area contributed by atoms with Crippen LogP contribution in [0.4, 0.5) is 0 Å². The summed E-state index contributed by atoms with van der Waals surface area (Å²) in [6.07, 6.45) is 2.71. The fraction of sp³-hybridized carbons (Fsp3) is 0.889. The van der Waals surface area contributed by atoms with E-state index in [1.54, 1.807) is 0 Å². The van der Waals surface area contributed by atoms with Gasteiger partial charge in [0.05, 0.1) is 11.5 Å². The second-order valence-corrected chi connectivity index (χ2v) is 4.77. The molecule has 0 aromatic heterocycles. The van der Waals surface area contributed by atoms with Crippen molar-refractivity contribution in [1.82, 2.24) is 0 Å². The average Bonchev–Trinajstić information content (AvgIpc) is 2.30. The molecule has 2 nitrogen and oxygen atoms in total. The number of rotatable bonds is 3. The first-order chi connectivity index (χ1) is 5.61. The summed E-state index contributed by atoms with van der Waals surface area (Å²) in [6.45, 7) is 1.90. The van der Waals surface area contributed by atoms with Gasteiger partial charge in [-0.2, -0.15) is 0 Å². The predicted octanol–water partition coefficient (Wildman–Crippen LogP) is 1.93. The number of hydrogen-bond acceptors (Lipinski definition) is 2. The lowest BCUT2D eigenvalue weighted by molar-refractivity contribution is -0.128. The second-order valence-electron chi connectivity index (χ2n) is 3.69. The van der Waals surface area contributed by atoms with Crippen LogP contribution >= 0.6 is 22.6 Å². The lowest BCUT2D eigenvalue weighted by Gasteiger charge is -2.25. The molecule has 0 saturated heterocycles. The van der Waals surface area contributed by atoms with Gasteiger partial charge >= 0.3 is 0 Å². The fourth-order valence-electron chi connectivity index (χ4n) is 1.80. The Morgan fingerprint density at radius 1 is 1.75 bits per heavy atom. The summed E-state index contributed by atoms with van der Waals surface area (Å²) in [5, 5.41) is 9.62. The maximum absolute atomic E-state index is 11.4. The van der Waals surface area contributed by atoms with Crippen molar-refractivity contribution in [2.75, 3.05) is 4.43 Å². The predicted molar refractivity (Wildman–Crippen MR) is 56.5 cm³/mol. The Balaban J connectivity index is 2.59. The highest BCUT2D eigenvalue weighted by Crippen LogP contribution is 2.38. The van der Waals surface area contributed by atoms with Gasteiger partial charge in [-0.1, -0.05) is 29.5 Å². The molecule has 3 heteroatoms. The maximum atomic E-state index is 11.4. The van der Waals surface area contributed by atoms with E-state index >= 15 is 0 Å². The standard InChI is InChI=1S/C9H15IO2/c1-9(5-2-6-10)7(11)3-4-8(9)12/h7,11H,2-6H2,1H3/t7-,9-/m0/s1. The van der Waals surface area contributed by atoms with Crippen molar-refractivity contribution < 1.29 is 9.90 Å². The van der Waals surface area contributed by atoms with E-state index in [1.807, 2.05) is 6.92 Å². The van der Waals surface area contributed by atoms with Crippen LogP contribution in [0.5, 0.6) is 0 Å². The third-order valence-electron chi connectivity index (χ3n) is 2.85. The monoisotopic (exact) mass is 282 g/mol. The van der Waals surface area contributed by atoms with E-state index in [-0.39, 0.29) is 5.78 Å². The molecule has 0 unspecified atom stereocenters. The van der Waals surface area contributed by atoms with Crippen molar-refractivity contribution in [2.24, 2.45) is 5.41 Å². The Kier molecular flexibility index (Phi) is 3.52. The quantitative estimate of drug-likeness (QED) is 0.634. The van der Waals surface area contributed by atoms with Crippen LogP contribution in [0, 0.1) is 5.41 Å². The van der Waals surface area contributed by atoms with Gasteiger partial charge < -0.3 is 5.11 Å². The number of carbonyl (C=O) groups excluding carboxylic acids is 1. The Bertz CT molecular complexity index is 181. The van der Waals surface area contributed by atoms with Crippen molar-refractivity contribution in [3.8, 4) is 0 Å². The Labute approximate surface area is 86.9 Å². The van der Waals surface area contributed by atoms with Crippen molar-refractivity contribution in [3.63, 3.8) is 0 Å². The highest BCUT2D eigenvalue weighted by Gasteiger charge is 2.44. The number of halogens is 1. The van der Waals surface area contributed by atoms with Gasteiger partial charge in [0.2, 0.25) is 0 Å². The molecule has 0 bridgehead atoms. The third kappa shape index (κ3) is 1.82. The molecule has 0 radical (unpaired) electrons. The molecule has 12 heavy (non-hydrogen) atoms. The molecule has 1 aliphatic carbocycles. The van der Waals surface area contributed by atoms with Crippen LogP contribution in [0.1, 0.15) is 32.6 Å². The van der Waals surface area contributed by atoms with E-state index in [1.165, 1.54) is 0 Å². The van der Waals surface area contributed by atoms with E-state index in [0.717, 1.165) is 17.3 Å². The maximum Gasteiger partial charge on any atom is 0.141 e. The van der Waals surface area contributed by atoms with E-state index in [9.17, 15) is 9.90 Å². The molecular formula is C9H15IO2. The zero-order valence-corrected chi connectivity index (χ0v) is 9.50. The summed E-state index contributed by atoms with van der Waals surface area (Å²) in [6, 6.07) is 0. The summed E-state index contributed by atoms with van der Waals surface area (Å²) in [7, 11) is 0. The van der Waals surface area contributed by atoms with Crippen molar-refractivity contribution in [2.45, 2.75) is 38.7 Å². The van der Waals surface area contributed by atoms with Crippen LogP contribution in [-0.4, -0.2) is 21.4 Å². The summed E-state index contributed by atoms with van der Waals surface area (Å²) in [5.41, 5.74) is -0.425. The number of alkyl halides is 1. The smallest absolute Gasteiger partial charge is 0.141 e. The highest BCUT2D eigenvalue weighted by atomic mass is 127. The van der Waals surface area contributed by atoms with Gasteiger partial charge in [0.1, 0.15) is 5.78 Å². The van der Waals surface area contributed by atoms with Crippen LogP contribution in [0.25, 0.3) is 0 Å². The minimum Gasteiger partial charge on any atom is -0.392 e. The summed E-state index contributed by atoms with van der Waals surface area (Å²) in [4.78, 5) is 11.4. The van der Waals surface area contributed by atoms with Crippen LogP contribution < -0.4 is 0 Å². The molecule has 1 rings (SSSR count). The molecule has 0 heterocycles. The number of ketones is 1. The lowest BCUT2D eigenvalue weighted by Crippen LogP contribution is -2.32. The average molecular weight is 282 g/mol. The first-order valence-corrected chi connectivity index (χ1v) is 5.91. The molecule has 1 aliphatic rings. The molecule has 0 aromatic rings. The first-order valence-electron chi connectivity index (χ1n) is 4.38. The minimum absolute atomic E-state index is 0.250. The topological polar surface area (TPSA) is 37.3 Å². The summed E-state index contributed by atoms with van der Waals surface area (Å²) < 4.78 is 1.06. The van der Waals surface area contributed by atoms with Gasteiger partial charge in [-0.25, -0.2) is 0 Å². The lowest BCUT2D eigenvalue weighted by atomic mass is 9.81. The summed E-state index contributed by atoms with van der Waals surface area (Å²) in [5.74, 6) is 0.250. The third-order valence-corrected chi connectivity index (χ3v) is 3.61. The molecule has 70 valence electrons. The molecule has 0 spiro atoms. The molecule has 0 amide bonds. The molecule has 0 aromatic carbocycles. The fourth-order valence-corrected chi connectivity index (χ4v) is 2.18. The van der Waals surface area contributed by atoms with Gasteiger partial charge in [0, 0.05) is 6.42 Å². The Morgan fingerprint density at radius 2 is 2.42 bits per heavy atom. The largest absolute Gasteiger partial charge is 0.392 e.